The van der Waals surface area contributed by atoms with Crippen molar-refractivity contribution < 1.29 is 13.2 Å². The Bertz CT molecular complexity index is 587. The maximum absolute atomic E-state index is 12.2. The molecule has 0 saturated heterocycles. The molecule has 1 heterocycles. The summed E-state index contributed by atoms with van der Waals surface area (Å²) in [6.07, 6.45) is 4.95. The Morgan fingerprint density at radius 3 is 2.86 bits per heavy atom. The third-order valence-corrected chi connectivity index (χ3v) is 5.26. The van der Waals surface area contributed by atoms with Gasteiger partial charge in [-0.1, -0.05) is 0 Å². The van der Waals surface area contributed by atoms with E-state index >= 15 is 0 Å². The standard InChI is InChI=1S/C13H20N4O3S/c1-17(21(19,20)11-3-2-6-15-7-11)9-13(18)16-8-12(14)10-4-5-10/h2-3,6-7,10,12H,4-5,8-9,14H2,1H3,(H,16,18). The van der Waals surface area contributed by atoms with Crippen LogP contribution >= 0.6 is 0 Å². The number of pyridine rings is 1. The first-order valence-corrected chi connectivity index (χ1v) is 8.24. The number of nitrogens with zero attached hydrogens (tertiary/aromatic N) is 2. The third kappa shape index (κ3) is 4.23. The van der Waals surface area contributed by atoms with Crippen molar-refractivity contribution >= 4 is 15.9 Å². The Kier molecular flexibility index (Phi) is 4.92. The molecule has 3 N–H and O–H groups in total. The van der Waals surface area contributed by atoms with Gasteiger partial charge in [0.25, 0.3) is 0 Å². The molecule has 1 unspecified atom stereocenters. The lowest BCUT2D eigenvalue weighted by molar-refractivity contribution is -0.121. The smallest absolute Gasteiger partial charge is 0.244 e. The normalized spacial score (nSPS) is 16.7. The minimum atomic E-state index is -3.70. The van der Waals surface area contributed by atoms with Crippen LogP contribution < -0.4 is 11.1 Å². The summed E-state index contributed by atoms with van der Waals surface area (Å²) in [6.45, 7) is 0.138. The van der Waals surface area contributed by atoms with E-state index in [2.05, 4.69) is 10.3 Å². The van der Waals surface area contributed by atoms with Gasteiger partial charge in [0.2, 0.25) is 15.9 Å². The highest BCUT2D eigenvalue weighted by Crippen LogP contribution is 2.31. The van der Waals surface area contributed by atoms with Gasteiger partial charge in [0.05, 0.1) is 6.54 Å². The molecule has 1 amide bonds. The van der Waals surface area contributed by atoms with Crippen molar-refractivity contribution in [1.82, 2.24) is 14.6 Å². The monoisotopic (exact) mass is 312 g/mol. The van der Waals surface area contributed by atoms with Crippen LogP contribution in [0.1, 0.15) is 12.8 Å². The minimum absolute atomic E-state index is 0.0470. The lowest BCUT2D eigenvalue weighted by Gasteiger charge is -2.17. The number of hydrogen-bond acceptors (Lipinski definition) is 5. The zero-order valence-corrected chi connectivity index (χ0v) is 12.7. The van der Waals surface area contributed by atoms with E-state index in [1.165, 1.54) is 31.6 Å². The maximum Gasteiger partial charge on any atom is 0.244 e. The summed E-state index contributed by atoms with van der Waals surface area (Å²) >= 11 is 0. The zero-order valence-electron chi connectivity index (χ0n) is 11.9. The molecule has 0 aliphatic heterocycles. The Morgan fingerprint density at radius 2 is 2.29 bits per heavy atom. The second-order valence-electron chi connectivity index (χ2n) is 5.26. The van der Waals surface area contributed by atoms with Crippen LogP contribution in [0.3, 0.4) is 0 Å². The zero-order chi connectivity index (χ0) is 15.5. The summed E-state index contributed by atoms with van der Waals surface area (Å²) in [5, 5.41) is 2.67. The summed E-state index contributed by atoms with van der Waals surface area (Å²) in [5.41, 5.74) is 5.88. The van der Waals surface area contributed by atoms with Gasteiger partial charge >= 0.3 is 0 Å². The quantitative estimate of drug-likeness (QED) is 0.710. The fourth-order valence-corrected chi connectivity index (χ4v) is 3.04. The van der Waals surface area contributed by atoms with Gasteiger partial charge in [0.1, 0.15) is 4.90 Å². The number of aromatic nitrogens is 1. The molecular formula is C13H20N4O3S. The van der Waals surface area contributed by atoms with Crippen LogP contribution in [0.5, 0.6) is 0 Å². The summed E-state index contributed by atoms with van der Waals surface area (Å²) in [6, 6.07) is 2.93. The molecule has 0 aromatic carbocycles. The molecule has 1 aliphatic carbocycles. The van der Waals surface area contributed by atoms with Gasteiger partial charge < -0.3 is 11.1 Å². The van der Waals surface area contributed by atoms with E-state index in [4.69, 9.17) is 5.73 Å². The molecule has 1 fully saturated rings. The molecule has 21 heavy (non-hydrogen) atoms. The van der Waals surface area contributed by atoms with Gasteiger partial charge in [-0.15, -0.1) is 0 Å². The van der Waals surface area contributed by atoms with E-state index in [9.17, 15) is 13.2 Å². The second kappa shape index (κ2) is 6.50. The Hall–Kier alpha value is -1.51. The van der Waals surface area contributed by atoms with Crippen LogP contribution in [-0.2, 0) is 14.8 Å². The van der Waals surface area contributed by atoms with Gasteiger partial charge in [0.15, 0.2) is 0 Å². The molecule has 0 bridgehead atoms. The van der Waals surface area contributed by atoms with Crippen LogP contribution in [0, 0.1) is 5.92 Å². The first kappa shape index (κ1) is 15.9. The highest BCUT2D eigenvalue weighted by atomic mass is 32.2. The molecule has 1 aromatic rings. The number of amides is 1. The van der Waals surface area contributed by atoms with Crippen molar-refractivity contribution in [1.29, 1.82) is 0 Å². The van der Waals surface area contributed by atoms with E-state index in [1.54, 1.807) is 0 Å². The molecule has 7 nitrogen and oxygen atoms in total. The number of nitrogens with one attached hydrogen (secondary N) is 1. The number of hydrogen-bond donors (Lipinski definition) is 2. The summed E-state index contributed by atoms with van der Waals surface area (Å²) in [4.78, 5) is 15.6. The molecule has 0 spiro atoms. The Labute approximate surface area is 124 Å². The van der Waals surface area contributed by atoms with Crippen molar-refractivity contribution in [2.75, 3.05) is 20.1 Å². The summed E-state index contributed by atoms with van der Waals surface area (Å²) in [7, 11) is -2.33. The van der Waals surface area contributed by atoms with Gasteiger partial charge in [-0.2, -0.15) is 4.31 Å². The number of sulfonamides is 1. The van der Waals surface area contributed by atoms with Crippen molar-refractivity contribution in [2.24, 2.45) is 11.7 Å². The topological polar surface area (TPSA) is 105 Å². The van der Waals surface area contributed by atoms with E-state index in [0.29, 0.717) is 12.5 Å². The average molecular weight is 312 g/mol. The van der Waals surface area contributed by atoms with E-state index in [1.807, 2.05) is 0 Å². The number of carbonyl (C=O) groups is 1. The molecular weight excluding hydrogens is 292 g/mol. The predicted molar refractivity (Wildman–Crippen MR) is 77.8 cm³/mol. The number of likely N-dealkylation sites (N-methyl/N-ethyl adjacent to an activating group) is 1. The van der Waals surface area contributed by atoms with Crippen LogP contribution in [0.2, 0.25) is 0 Å². The molecule has 1 aromatic heterocycles. The molecule has 1 saturated carbocycles. The summed E-state index contributed by atoms with van der Waals surface area (Å²) in [5.74, 6) is 0.128. The third-order valence-electron chi connectivity index (χ3n) is 3.47. The van der Waals surface area contributed by atoms with E-state index in [0.717, 1.165) is 17.1 Å². The maximum atomic E-state index is 12.2. The van der Waals surface area contributed by atoms with Gasteiger partial charge in [-0.3, -0.25) is 9.78 Å². The highest BCUT2D eigenvalue weighted by Gasteiger charge is 2.29. The SMILES string of the molecule is CN(CC(=O)NCC(N)C1CC1)S(=O)(=O)c1cccnc1. The number of rotatable bonds is 7. The Morgan fingerprint density at radius 1 is 1.57 bits per heavy atom. The van der Waals surface area contributed by atoms with Gasteiger partial charge in [-0.25, -0.2) is 8.42 Å². The number of nitrogens with two attached hydrogens (primary N) is 1. The molecule has 1 aliphatic rings. The molecule has 1 atom stereocenters. The molecule has 8 heteroatoms. The molecule has 116 valence electrons. The van der Waals surface area contributed by atoms with Gasteiger partial charge in [0, 0.05) is 32.0 Å². The lowest BCUT2D eigenvalue weighted by atomic mass is 10.2. The van der Waals surface area contributed by atoms with Crippen LogP contribution in [0.25, 0.3) is 0 Å². The van der Waals surface area contributed by atoms with Gasteiger partial charge in [-0.05, 0) is 30.9 Å². The van der Waals surface area contributed by atoms with E-state index in [-0.39, 0.29) is 23.4 Å². The van der Waals surface area contributed by atoms with Crippen molar-refractivity contribution in [3.8, 4) is 0 Å². The fourth-order valence-electron chi connectivity index (χ4n) is 1.95. The van der Waals surface area contributed by atoms with E-state index < -0.39 is 10.0 Å². The largest absolute Gasteiger partial charge is 0.353 e. The lowest BCUT2D eigenvalue weighted by Crippen LogP contribution is -2.43. The average Bonchev–Trinajstić information content (AvgIpc) is 3.30. The number of carbonyl (C=O) groups excluding carboxylic acids is 1. The van der Waals surface area contributed by atoms with Crippen LogP contribution in [0.15, 0.2) is 29.4 Å². The fraction of sp³-hybridized carbons (Fsp3) is 0.538. The second-order valence-corrected chi connectivity index (χ2v) is 7.30. The first-order valence-electron chi connectivity index (χ1n) is 6.80. The molecule has 2 rings (SSSR count). The van der Waals surface area contributed by atoms with Crippen molar-refractivity contribution in [3.05, 3.63) is 24.5 Å². The van der Waals surface area contributed by atoms with Crippen LogP contribution in [0.4, 0.5) is 0 Å². The summed E-state index contributed by atoms with van der Waals surface area (Å²) < 4.78 is 25.4. The van der Waals surface area contributed by atoms with Crippen LogP contribution in [-0.4, -0.2) is 49.8 Å². The first-order chi connectivity index (χ1) is 9.91. The van der Waals surface area contributed by atoms with Crippen molar-refractivity contribution in [3.63, 3.8) is 0 Å². The Balaban J connectivity index is 1.88. The highest BCUT2D eigenvalue weighted by molar-refractivity contribution is 7.89. The van der Waals surface area contributed by atoms with Crippen molar-refractivity contribution in [2.45, 2.75) is 23.8 Å². The predicted octanol–water partition coefficient (Wildman–Crippen LogP) is -0.444. The molecule has 0 radical (unpaired) electrons. The minimum Gasteiger partial charge on any atom is -0.353 e.